The number of fused-ring (bicyclic) bond motifs is 1. The van der Waals surface area contributed by atoms with Crippen LogP contribution in [-0.2, 0) is 6.54 Å². The maximum atomic E-state index is 7.43. The number of benzene rings is 2. The van der Waals surface area contributed by atoms with Gasteiger partial charge in [0.25, 0.3) is 0 Å². The first kappa shape index (κ1) is 12.0. The first-order valence-corrected chi connectivity index (χ1v) is 6.48. The Morgan fingerprint density at radius 2 is 1.84 bits per heavy atom. The molecule has 19 heavy (non-hydrogen) atoms. The summed E-state index contributed by atoms with van der Waals surface area (Å²) in [4.78, 5) is 0. The van der Waals surface area contributed by atoms with Crippen molar-refractivity contribution in [2.75, 3.05) is 0 Å². The lowest BCUT2D eigenvalue weighted by Crippen LogP contribution is -1.97. The van der Waals surface area contributed by atoms with Crippen LogP contribution in [0.4, 0.5) is 0 Å². The zero-order valence-electron chi connectivity index (χ0n) is 10.3. The lowest BCUT2D eigenvalue weighted by Gasteiger charge is -2.06. The summed E-state index contributed by atoms with van der Waals surface area (Å²) in [7, 11) is 0. The van der Waals surface area contributed by atoms with Crippen molar-refractivity contribution in [3.8, 4) is 0 Å². The largest absolute Gasteiger partial charge is 0.343 e. The second-order valence-corrected chi connectivity index (χ2v) is 4.93. The summed E-state index contributed by atoms with van der Waals surface area (Å²) in [5.74, 6) is 0. The summed E-state index contributed by atoms with van der Waals surface area (Å²) in [6.07, 6.45) is 3.46. The Morgan fingerprint density at radius 3 is 2.58 bits per heavy atom. The van der Waals surface area contributed by atoms with Crippen LogP contribution in [0.15, 0.2) is 54.7 Å². The van der Waals surface area contributed by atoms with Crippen LogP contribution in [0.3, 0.4) is 0 Å². The normalized spacial score (nSPS) is 10.8. The zero-order valence-corrected chi connectivity index (χ0v) is 11.1. The minimum atomic E-state index is 0.757. The van der Waals surface area contributed by atoms with E-state index in [9.17, 15) is 0 Å². The van der Waals surface area contributed by atoms with Gasteiger partial charge < -0.3 is 9.98 Å². The van der Waals surface area contributed by atoms with Crippen molar-refractivity contribution < 1.29 is 0 Å². The molecule has 0 atom stereocenters. The van der Waals surface area contributed by atoms with Gasteiger partial charge in [-0.25, -0.2) is 0 Å². The van der Waals surface area contributed by atoms with E-state index >= 15 is 0 Å². The third-order valence-electron chi connectivity index (χ3n) is 3.27. The smallest absolute Gasteiger partial charge is 0.0490 e. The Hall–Kier alpha value is -2.06. The number of hydrogen-bond acceptors (Lipinski definition) is 1. The van der Waals surface area contributed by atoms with Gasteiger partial charge in [0.1, 0.15) is 0 Å². The molecule has 3 aromatic rings. The summed E-state index contributed by atoms with van der Waals surface area (Å²) >= 11 is 5.90. The Morgan fingerprint density at radius 1 is 1.05 bits per heavy atom. The molecule has 1 aromatic heterocycles. The van der Waals surface area contributed by atoms with Crippen molar-refractivity contribution in [1.29, 1.82) is 5.41 Å². The minimum Gasteiger partial charge on any atom is -0.343 e. The van der Waals surface area contributed by atoms with Gasteiger partial charge in [0, 0.05) is 40.4 Å². The molecule has 0 aliphatic heterocycles. The number of rotatable bonds is 3. The molecular weight excluding hydrogens is 256 g/mol. The second-order valence-electron chi connectivity index (χ2n) is 4.49. The number of hydrogen-bond donors (Lipinski definition) is 1. The fraction of sp³-hybridized carbons (Fsp3) is 0.0625. The molecule has 1 heterocycles. The predicted octanol–water partition coefficient (Wildman–Crippen LogP) is 4.34. The van der Waals surface area contributed by atoms with Crippen LogP contribution < -0.4 is 0 Å². The molecule has 0 saturated heterocycles. The van der Waals surface area contributed by atoms with Gasteiger partial charge in [0.15, 0.2) is 0 Å². The Kier molecular flexibility index (Phi) is 3.10. The molecule has 0 spiro atoms. The topological polar surface area (TPSA) is 28.8 Å². The molecule has 0 aliphatic rings. The van der Waals surface area contributed by atoms with Crippen LogP contribution in [0.5, 0.6) is 0 Å². The fourth-order valence-corrected chi connectivity index (χ4v) is 2.42. The Labute approximate surface area is 116 Å². The molecule has 0 radical (unpaired) electrons. The van der Waals surface area contributed by atoms with Gasteiger partial charge in [-0.15, -0.1) is 0 Å². The summed E-state index contributed by atoms with van der Waals surface area (Å²) in [6, 6.07) is 16.0. The monoisotopic (exact) mass is 268 g/mol. The summed E-state index contributed by atoms with van der Waals surface area (Å²) in [6.45, 7) is 0.808. The summed E-state index contributed by atoms with van der Waals surface area (Å²) in [5, 5.41) is 9.30. The number of aromatic nitrogens is 1. The van der Waals surface area contributed by atoms with E-state index < -0.39 is 0 Å². The van der Waals surface area contributed by atoms with Crippen molar-refractivity contribution in [3.05, 3.63) is 70.9 Å². The van der Waals surface area contributed by atoms with E-state index in [0.29, 0.717) is 0 Å². The molecule has 0 aliphatic carbocycles. The standard InChI is InChI=1S/C16H13ClN2/c17-14-6-4-12(5-7-14)11-19-9-8-15-13(10-18)2-1-3-16(15)19/h1-10,18H,11H2. The highest BCUT2D eigenvalue weighted by Gasteiger charge is 2.04. The molecule has 0 bridgehead atoms. The van der Waals surface area contributed by atoms with Crippen molar-refractivity contribution >= 4 is 28.7 Å². The van der Waals surface area contributed by atoms with Crippen molar-refractivity contribution in [3.63, 3.8) is 0 Å². The predicted molar refractivity (Wildman–Crippen MR) is 80.4 cm³/mol. The van der Waals surface area contributed by atoms with Gasteiger partial charge in [-0.05, 0) is 29.8 Å². The fourth-order valence-electron chi connectivity index (χ4n) is 2.30. The van der Waals surface area contributed by atoms with E-state index in [-0.39, 0.29) is 0 Å². The minimum absolute atomic E-state index is 0.757. The lowest BCUT2D eigenvalue weighted by atomic mass is 10.1. The quantitative estimate of drug-likeness (QED) is 0.685. The van der Waals surface area contributed by atoms with Crippen LogP contribution in [0.1, 0.15) is 11.1 Å². The summed E-state index contributed by atoms with van der Waals surface area (Å²) in [5.41, 5.74) is 3.31. The van der Waals surface area contributed by atoms with Crippen LogP contribution in [0.2, 0.25) is 5.02 Å². The zero-order chi connectivity index (χ0) is 13.2. The molecule has 2 nitrogen and oxygen atoms in total. The summed E-state index contributed by atoms with van der Waals surface area (Å²) < 4.78 is 2.19. The van der Waals surface area contributed by atoms with Crippen molar-refractivity contribution in [2.45, 2.75) is 6.54 Å². The molecule has 1 N–H and O–H groups in total. The first-order chi connectivity index (χ1) is 9.28. The first-order valence-electron chi connectivity index (χ1n) is 6.11. The van der Waals surface area contributed by atoms with Gasteiger partial charge in [-0.2, -0.15) is 0 Å². The molecular formula is C16H13ClN2. The highest BCUT2D eigenvalue weighted by Crippen LogP contribution is 2.20. The molecule has 2 aromatic carbocycles. The molecule has 0 amide bonds. The number of nitrogens with zero attached hydrogens (tertiary/aromatic N) is 1. The molecule has 0 fully saturated rings. The Balaban J connectivity index is 2.02. The van der Waals surface area contributed by atoms with Gasteiger partial charge in [0.05, 0.1) is 0 Å². The van der Waals surface area contributed by atoms with Crippen LogP contribution in [-0.4, -0.2) is 10.8 Å². The van der Waals surface area contributed by atoms with Gasteiger partial charge in [-0.1, -0.05) is 35.9 Å². The average molecular weight is 269 g/mol. The average Bonchev–Trinajstić information content (AvgIpc) is 2.84. The number of nitrogens with one attached hydrogen (secondary N) is 1. The number of halogens is 1. The molecule has 94 valence electrons. The van der Waals surface area contributed by atoms with Crippen LogP contribution in [0.25, 0.3) is 10.9 Å². The lowest BCUT2D eigenvalue weighted by molar-refractivity contribution is 0.837. The maximum Gasteiger partial charge on any atom is 0.0490 e. The van der Waals surface area contributed by atoms with Crippen molar-refractivity contribution in [2.24, 2.45) is 0 Å². The maximum absolute atomic E-state index is 7.43. The van der Waals surface area contributed by atoms with E-state index in [4.69, 9.17) is 17.0 Å². The molecule has 0 saturated carbocycles. The van der Waals surface area contributed by atoms with Gasteiger partial charge >= 0.3 is 0 Å². The van der Waals surface area contributed by atoms with E-state index in [0.717, 1.165) is 28.0 Å². The van der Waals surface area contributed by atoms with Gasteiger partial charge in [0.2, 0.25) is 0 Å². The van der Waals surface area contributed by atoms with E-state index in [1.165, 1.54) is 11.8 Å². The highest BCUT2D eigenvalue weighted by atomic mass is 35.5. The van der Waals surface area contributed by atoms with E-state index in [1.54, 1.807) is 0 Å². The third-order valence-corrected chi connectivity index (χ3v) is 3.52. The van der Waals surface area contributed by atoms with Crippen LogP contribution >= 0.6 is 11.6 Å². The molecule has 0 unspecified atom stereocenters. The molecule has 3 rings (SSSR count). The second kappa shape index (κ2) is 4.90. The third kappa shape index (κ3) is 2.27. The SMILES string of the molecule is N=Cc1cccc2c1ccn2Cc1ccc(Cl)cc1. The van der Waals surface area contributed by atoms with Gasteiger partial charge in [-0.3, -0.25) is 0 Å². The van der Waals surface area contributed by atoms with E-state index in [2.05, 4.69) is 22.9 Å². The Bertz CT molecular complexity index is 726. The van der Waals surface area contributed by atoms with Crippen molar-refractivity contribution in [1.82, 2.24) is 4.57 Å². The van der Waals surface area contributed by atoms with E-state index in [1.807, 2.05) is 36.4 Å². The highest BCUT2D eigenvalue weighted by molar-refractivity contribution is 6.30. The van der Waals surface area contributed by atoms with Crippen LogP contribution in [0, 0.1) is 5.41 Å². The molecule has 3 heteroatoms.